The van der Waals surface area contributed by atoms with Gasteiger partial charge >= 0.3 is 0 Å². The number of carbonyl (C=O) groups excluding carboxylic acids is 1. The molecule has 10 heavy (non-hydrogen) atoms. The SMILES string of the molecule is CC(C)C[C@H](O)[C@H](O)C=O. The summed E-state index contributed by atoms with van der Waals surface area (Å²) in [6.07, 6.45) is -1.31. The Bertz CT molecular complexity index is 101. The summed E-state index contributed by atoms with van der Waals surface area (Å²) in [6.45, 7) is 3.83. The second-order valence-electron chi connectivity index (χ2n) is 2.82. The summed E-state index contributed by atoms with van der Waals surface area (Å²) in [5.74, 6) is 0.296. The summed E-state index contributed by atoms with van der Waals surface area (Å²) >= 11 is 0. The van der Waals surface area contributed by atoms with Gasteiger partial charge in [0.15, 0.2) is 6.29 Å². The monoisotopic (exact) mass is 146 g/mol. The van der Waals surface area contributed by atoms with Crippen molar-refractivity contribution in [1.82, 2.24) is 0 Å². The second kappa shape index (κ2) is 4.41. The molecule has 2 atom stereocenters. The highest BCUT2D eigenvalue weighted by Gasteiger charge is 2.15. The Morgan fingerprint density at radius 2 is 1.90 bits per heavy atom. The van der Waals surface area contributed by atoms with E-state index in [4.69, 9.17) is 10.2 Å². The molecule has 0 fully saturated rings. The molecule has 0 unspecified atom stereocenters. The molecule has 0 bridgehead atoms. The lowest BCUT2D eigenvalue weighted by atomic mass is 10.0. The van der Waals surface area contributed by atoms with Gasteiger partial charge in [0.05, 0.1) is 6.10 Å². The van der Waals surface area contributed by atoms with Crippen LogP contribution in [0.3, 0.4) is 0 Å². The molecule has 0 radical (unpaired) electrons. The molecule has 0 aliphatic heterocycles. The van der Waals surface area contributed by atoms with Crippen LogP contribution in [0.4, 0.5) is 0 Å². The molecule has 2 N–H and O–H groups in total. The molecule has 60 valence electrons. The smallest absolute Gasteiger partial charge is 0.151 e. The van der Waals surface area contributed by atoms with E-state index in [0.29, 0.717) is 18.6 Å². The van der Waals surface area contributed by atoms with Crippen LogP contribution in [-0.4, -0.2) is 28.7 Å². The molecule has 0 saturated carbocycles. The van der Waals surface area contributed by atoms with Crippen molar-refractivity contribution in [3.8, 4) is 0 Å². The van der Waals surface area contributed by atoms with Crippen molar-refractivity contribution >= 4 is 6.29 Å². The minimum absolute atomic E-state index is 0.296. The Balaban J connectivity index is 3.60. The topological polar surface area (TPSA) is 57.5 Å². The fraction of sp³-hybridized carbons (Fsp3) is 0.857. The van der Waals surface area contributed by atoms with E-state index in [1.165, 1.54) is 0 Å². The first-order chi connectivity index (χ1) is 4.57. The summed E-state index contributed by atoms with van der Waals surface area (Å²) in [6, 6.07) is 0. The van der Waals surface area contributed by atoms with E-state index >= 15 is 0 Å². The van der Waals surface area contributed by atoms with Crippen molar-refractivity contribution in [3.05, 3.63) is 0 Å². The molecule has 0 aromatic rings. The van der Waals surface area contributed by atoms with Crippen LogP contribution in [-0.2, 0) is 4.79 Å². The summed E-state index contributed by atoms with van der Waals surface area (Å²) in [5.41, 5.74) is 0. The first-order valence-corrected chi connectivity index (χ1v) is 3.39. The van der Waals surface area contributed by atoms with Crippen LogP contribution in [0, 0.1) is 5.92 Å². The molecular formula is C7H14O3. The zero-order valence-electron chi connectivity index (χ0n) is 6.32. The fourth-order valence-corrected chi connectivity index (χ4v) is 0.713. The van der Waals surface area contributed by atoms with E-state index < -0.39 is 12.2 Å². The van der Waals surface area contributed by atoms with Gasteiger partial charge in [0, 0.05) is 0 Å². The lowest BCUT2D eigenvalue weighted by molar-refractivity contribution is -0.120. The van der Waals surface area contributed by atoms with Crippen molar-refractivity contribution in [1.29, 1.82) is 0 Å². The number of hydrogen-bond donors (Lipinski definition) is 2. The van der Waals surface area contributed by atoms with Gasteiger partial charge in [-0.3, -0.25) is 0 Å². The van der Waals surface area contributed by atoms with E-state index in [1.54, 1.807) is 0 Å². The third-order valence-corrected chi connectivity index (χ3v) is 1.25. The molecule has 0 amide bonds. The Kier molecular flexibility index (Phi) is 4.23. The molecule has 3 nitrogen and oxygen atoms in total. The minimum Gasteiger partial charge on any atom is -0.390 e. The van der Waals surface area contributed by atoms with Crippen LogP contribution in [0.1, 0.15) is 20.3 Å². The van der Waals surface area contributed by atoms with Crippen molar-refractivity contribution in [3.63, 3.8) is 0 Å². The molecular weight excluding hydrogens is 132 g/mol. The maximum Gasteiger partial charge on any atom is 0.151 e. The Hall–Kier alpha value is -0.410. The molecule has 0 aliphatic rings. The number of rotatable bonds is 4. The molecule has 0 heterocycles. The first kappa shape index (κ1) is 9.59. The first-order valence-electron chi connectivity index (χ1n) is 3.39. The number of aldehydes is 1. The normalized spacial score (nSPS) is 16.9. The van der Waals surface area contributed by atoms with Crippen LogP contribution in [0.2, 0.25) is 0 Å². The molecule has 0 aromatic carbocycles. The predicted molar refractivity (Wildman–Crippen MR) is 37.5 cm³/mol. The van der Waals surface area contributed by atoms with Gasteiger partial charge in [-0.2, -0.15) is 0 Å². The van der Waals surface area contributed by atoms with Crippen LogP contribution in [0.15, 0.2) is 0 Å². The summed E-state index contributed by atoms with van der Waals surface area (Å²) in [4.78, 5) is 9.92. The zero-order valence-corrected chi connectivity index (χ0v) is 6.32. The molecule has 0 saturated heterocycles. The maximum absolute atomic E-state index is 9.92. The second-order valence-corrected chi connectivity index (χ2v) is 2.82. The zero-order chi connectivity index (χ0) is 8.15. The van der Waals surface area contributed by atoms with Crippen molar-refractivity contribution in [2.75, 3.05) is 0 Å². The Labute approximate surface area is 60.7 Å². The molecule has 0 aromatic heterocycles. The largest absolute Gasteiger partial charge is 0.390 e. The van der Waals surface area contributed by atoms with Gasteiger partial charge in [-0.1, -0.05) is 13.8 Å². The van der Waals surface area contributed by atoms with Gasteiger partial charge in [0.25, 0.3) is 0 Å². The van der Waals surface area contributed by atoms with E-state index in [-0.39, 0.29) is 0 Å². The fourth-order valence-electron chi connectivity index (χ4n) is 0.713. The predicted octanol–water partition coefficient (Wildman–Crippen LogP) is -0.0468. The number of aliphatic hydroxyl groups excluding tert-OH is 2. The van der Waals surface area contributed by atoms with Gasteiger partial charge in [-0.15, -0.1) is 0 Å². The third-order valence-electron chi connectivity index (χ3n) is 1.25. The average Bonchev–Trinajstić information content (AvgIpc) is 1.85. The highest BCUT2D eigenvalue weighted by molar-refractivity contribution is 5.56. The van der Waals surface area contributed by atoms with Crippen LogP contribution in [0.25, 0.3) is 0 Å². The lowest BCUT2D eigenvalue weighted by Crippen LogP contribution is -2.28. The van der Waals surface area contributed by atoms with E-state index in [1.807, 2.05) is 13.8 Å². The van der Waals surface area contributed by atoms with E-state index in [2.05, 4.69) is 0 Å². The highest BCUT2D eigenvalue weighted by atomic mass is 16.3. The number of hydrogen-bond acceptors (Lipinski definition) is 3. The standard InChI is InChI=1S/C7H14O3/c1-5(2)3-6(9)7(10)4-8/h4-7,9-10H,3H2,1-2H3/t6-,7+/m0/s1. The Morgan fingerprint density at radius 1 is 1.40 bits per heavy atom. The van der Waals surface area contributed by atoms with Crippen molar-refractivity contribution < 1.29 is 15.0 Å². The van der Waals surface area contributed by atoms with Gasteiger partial charge in [-0.05, 0) is 12.3 Å². The van der Waals surface area contributed by atoms with Crippen LogP contribution < -0.4 is 0 Å². The Morgan fingerprint density at radius 3 is 2.20 bits per heavy atom. The molecule has 0 aliphatic carbocycles. The van der Waals surface area contributed by atoms with E-state index in [0.717, 1.165) is 0 Å². The minimum atomic E-state index is -1.22. The summed E-state index contributed by atoms with van der Waals surface area (Å²) in [5, 5.41) is 17.8. The highest BCUT2D eigenvalue weighted by Crippen LogP contribution is 2.06. The van der Waals surface area contributed by atoms with Gasteiger partial charge in [-0.25, -0.2) is 0 Å². The summed E-state index contributed by atoms with van der Waals surface area (Å²) in [7, 11) is 0. The lowest BCUT2D eigenvalue weighted by Gasteiger charge is -2.13. The third kappa shape index (κ3) is 3.58. The number of aliphatic hydroxyl groups is 2. The van der Waals surface area contributed by atoms with Gasteiger partial charge < -0.3 is 15.0 Å². The maximum atomic E-state index is 9.92. The van der Waals surface area contributed by atoms with Crippen LogP contribution in [0.5, 0.6) is 0 Å². The molecule has 0 spiro atoms. The van der Waals surface area contributed by atoms with E-state index in [9.17, 15) is 4.79 Å². The average molecular weight is 146 g/mol. The van der Waals surface area contributed by atoms with Crippen molar-refractivity contribution in [2.45, 2.75) is 32.5 Å². The molecule has 3 heteroatoms. The van der Waals surface area contributed by atoms with Crippen molar-refractivity contribution in [2.24, 2.45) is 5.92 Å². The number of carbonyl (C=O) groups is 1. The summed E-state index contributed by atoms with van der Waals surface area (Å²) < 4.78 is 0. The van der Waals surface area contributed by atoms with Crippen LogP contribution >= 0.6 is 0 Å². The quantitative estimate of drug-likeness (QED) is 0.547. The van der Waals surface area contributed by atoms with Gasteiger partial charge in [0.1, 0.15) is 6.10 Å². The van der Waals surface area contributed by atoms with Gasteiger partial charge in [0.2, 0.25) is 0 Å². The molecule has 0 rings (SSSR count).